The van der Waals surface area contributed by atoms with Gasteiger partial charge in [0.15, 0.2) is 0 Å². The van der Waals surface area contributed by atoms with E-state index in [0.717, 1.165) is 24.7 Å². The molecule has 2 nitrogen and oxygen atoms in total. The Morgan fingerprint density at radius 3 is 2.38 bits per heavy atom. The van der Waals surface area contributed by atoms with Gasteiger partial charge >= 0.3 is 0 Å². The molecular formula is C11H18N2. The van der Waals surface area contributed by atoms with Crippen molar-refractivity contribution in [2.45, 2.75) is 51.1 Å². The molecule has 1 N–H and O–H groups in total. The van der Waals surface area contributed by atoms with E-state index in [1.54, 1.807) is 0 Å². The molecule has 13 heavy (non-hydrogen) atoms. The minimum Gasteiger partial charge on any atom is -0.297 e. The third-order valence-corrected chi connectivity index (χ3v) is 3.44. The van der Waals surface area contributed by atoms with Crippen LogP contribution in [-0.2, 0) is 0 Å². The van der Waals surface area contributed by atoms with E-state index < -0.39 is 0 Å². The molecule has 0 atom stereocenters. The predicted octanol–water partition coefficient (Wildman–Crippen LogP) is 2.07. The van der Waals surface area contributed by atoms with Gasteiger partial charge in [0.05, 0.1) is 6.07 Å². The second-order valence-corrected chi connectivity index (χ2v) is 5.02. The lowest BCUT2D eigenvalue weighted by molar-refractivity contribution is 0.114. The standard InChI is InChI=1S/C11H18N2/c1-8(2)9-5-11(6-9,7-12)13-10-3-4-10/h8-10,13H,3-6H2,1-2H3. The summed E-state index contributed by atoms with van der Waals surface area (Å²) in [7, 11) is 0. The predicted molar refractivity (Wildman–Crippen MR) is 52.1 cm³/mol. The van der Waals surface area contributed by atoms with Gasteiger partial charge < -0.3 is 0 Å². The average Bonchev–Trinajstić information content (AvgIpc) is 2.78. The van der Waals surface area contributed by atoms with Crippen LogP contribution in [0, 0.1) is 23.2 Å². The molecule has 2 heteroatoms. The van der Waals surface area contributed by atoms with Crippen molar-refractivity contribution in [3.05, 3.63) is 0 Å². The van der Waals surface area contributed by atoms with Crippen LogP contribution in [0.4, 0.5) is 0 Å². The highest BCUT2D eigenvalue weighted by Gasteiger charge is 2.47. The third-order valence-electron chi connectivity index (χ3n) is 3.44. The molecule has 2 aliphatic carbocycles. The van der Waals surface area contributed by atoms with Gasteiger partial charge in [-0.2, -0.15) is 5.26 Å². The number of nitriles is 1. The van der Waals surface area contributed by atoms with Gasteiger partial charge in [-0.3, -0.25) is 5.32 Å². The van der Waals surface area contributed by atoms with Crippen molar-refractivity contribution < 1.29 is 0 Å². The number of hydrogen-bond donors (Lipinski definition) is 1. The van der Waals surface area contributed by atoms with Crippen molar-refractivity contribution in [3.63, 3.8) is 0 Å². The van der Waals surface area contributed by atoms with Crippen molar-refractivity contribution in [1.29, 1.82) is 5.26 Å². The van der Waals surface area contributed by atoms with Crippen molar-refractivity contribution in [2.24, 2.45) is 11.8 Å². The largest absolute Gasteiger partial charge is 0.297 e. The topological polar surface area (TPSA) is 35.8 Å². The summed E-state index contributed by atoms with van der Waals surface area (Å²) >= 11 is 0. The lowest BCUT2D eigenvalue weighted by Gasteiger charge is -2.45. The Kier molecular flexibility index (Phi) is 2.08. The summed E-state index contributed by atoms with van der Waals surface area (Å²) in [4.78, 5) is 0. The van der Waals surface area contributed by atoms with Crippen LogP contribution in [-0.4, -0.2) is 11.6 Å². The molecule has 2 fully saturated rings. The fraction of sp³-hybridized carbons (Fsp3) is 0.909. The van der Waals surface area contributed by atoms with E-state index in [-0.39, 0.29) is 5.54 Å². The van der Waals surface area contributed by atoms with Crippen molar-refractivity contribution in [2.75, 3.05) is 0 Å². The van der Waals surface area contributed by atoms with Crippen LogP contribution in [0.1, 0.15) is 39.5 Å². The van der Waals surface area contributed by atoms with E-state index in [0.29, 0.717) is 6.04 Å². The van der Waals surface area contributed by atoms with Crippen molar-refractivity contribution in [1.82, 2.24) is 5.32 Å². The van der Waals surface area contributed by atoms with E-state index in [2.05, 4.69) is 25.2 Å². The summed E-state index contributed by atoms with van der Waals surface area (Å²) in [6.45, 7) is 4.51. The highest BCUT2D eigenvalue weighted by Crippen LogP contribution is 2.43. The van der Waals surface area contributed by atoms with Gasteiger partial charge in [-0.1, -0.05) is 13.8 Å². The Bertz CT molecular complexity index is 229. The Balaban J connectivity index is 1.87. The highest BCUT2D eigenvalue weighted by molar-refractivity contribution is 5.17. The van der Waals surface area contributed by atoms with Gasteiger partial charge in [-0.25, -0.2) is 0 Å². The monoisotopic (exact) mass is 178 g/mol. The summed E-state index contributed by atoms with van der Waals surface area (Å²) in [5, 5.41) is 12.6. The second kappa shape index (κ2) is 2.99. The molecule has 0 aliphatic heterocycles. The van der Waals surface area contributed by atoms with E-state index in [1.807, 2.05) is 0 Å². The fourth-order valence-electron chi connectivity index (χ4n) is 2.17. The quantitative estimate of drug-likeness (QED) is 0.718. The summed E-state index contributed by atoms with van der Waals surface area (Å²) in [5.41, 5.74) is -0.143. The van der Waals surface area contributed by atoms with Gasteiger partial charge in [0.2, 0.25) is 0 Å². The number of nitrogens with zero attached hydrogens (tertiary/aromatic N) is 1. The lowest BCUT2D eigenvalue weighted by atomic mass is 9.64. The fourth-order valence-corrected chi connectivity index (χ4v) is 2.17. The van der Waals surface area contributed by atoms with Gasteiger partial charge in [0.1, 0.15) is 5.54 Å². The Hall–Kier alpha value is -0.550. The Morgan fingerprint density at radius 1 is 1.38 bits per heavy atom. The first-order valence-corrected chi connectivity index (χ1v) is 5.34. The molecule has 2 aliphatic rings. The average molecular weight is 178 g/mol. The third kappa shape index (κ3) is 1.71. The summed E-state index contributed by atoms with van der Waals surface area (Å²) < 4.78 is 0. The normalized spacial score (nSPS) is 38.5. The molecule has 0 aromatic carbocycles. The highest BCUT2D eigenvalue weighted by atomic mass is 15.1. The molecule has 0 heterocycles. The first-order chi connectivity index (χ1) is 6.15. The number of nitrogens with one attached hydrogen (secondary N) is 1. The van der Waals surface area contributed by atoms with Crippen LogP contribution in [0.2, 0.25) is 0 Å². The SMILES string of the molecule is CC(C)C1CC(C#N)(NC2CC2)C1. The summed E-state index contributed by atoms with van der Waals surface area (Å²) in [6.07, 6.45) is 4.68. The Morgan fingerprint density at radius 2 is 2.00 bits per heavy atom. The van der Waals surface area contributed by atoms with Crippen molar-refractivity contribution in [3.8, 4) is 6.07 Å². The molecule has 0 saturated heterocycles. The second-order valence-electron chi connectivity index (χ2n) is 5.02. The van der Waals surface area contributed by atoms with Crippen LogP contribution in [0.3, 0.4) is 0 Å². The zero-order chi connectivity index (χ0) is 9.47. The maximum absolute atomic E-state index is 9.10. The molecule has 0 amide bonds. The van der Waals surface area contributed by atoms with Gasteiger partial charge in [0.25, 0.3) is 0 Å². The number of hydrogen-bond acceptors (Lipinski definition) is 2. The van der Waals surface area contributed by atoms with Gasteiger partial charge in [-0.15, -0.1) is 0 Å². The van der Waals surface area contributed by atoms with Crippen LogP contribution >= 0.6 is 0 Å². The molecule has 0 radical (unpaired) electrons. The van der Waals surface area contributed by atoms with E-state index in [1.165, 1.54) is 12.8 Å². The van der Waals surface area contributed by atoms with Crippen LogP contribution in [0.25, 0.3) is 0 Å². The molecule has 0 spiro atoms. The van der Waals surface area contributed by atoms with Crippen LogP contribution < -0.4 is 5.32 Å². The smallest absolute Gasteiger partial charge is 0.107 e. The molecular weight excluding hydrogens is 160 g/mol. The zero-order valence-corrected chi connectivity index (χ0v) is 8.51. The van der Waals surface area contributed by atoms with E-state index in [4.69, 9.17) is 5.26 Å². The van der Waals surface area contributed by atoms with E-state index >= 15 is 0 Å². The summed E-state index contributed by atoms with van der Waals surface area (Å²) in [5.74, 6) is 1.51. The minimum absolute atomic E-state index is 0.143. The van der Waals surface area contributed by atoms with Gasteiger partial charge in [0, 0.05) is 6.04 Å². The molecule has 2 rings (SSSR count). The lowest BCUT2D eigenvalue weighted by Crippen LogP contribution is -2.56. The molecule has 0 aromatic heterocycles. The first kappa shape index (κ1) is 9.02. The molecule has 2 saturated carbocycles. The molecule has 72 valence electrons. The maximum Gasteiger partial charge on any atom is 0.107 e. The zero-order valence-electron chi connectivity index (χ0n) is 8.51. The van der Waals surface area contributed by atoms with Crippen molar-refractivity contribution >= 4 is 0 Å². The Labute approximate surface area is 80.3 Å². The van der Waals surface area contributed by atoms with Gasteiger partial charge in [-0.05, 0) is 37.5 Å². The van der Waals surface area contributed by atoms with Crippen LogP contribution in [0.5, 0.6) is 0 Å². The molecule has 0 unspecified atom stereocenters. The maximum atomic E-state index is 9.10. The first-order valence-electron chi connectivity index (χ1n) is 5.34. The number of rotatable bonds is 3. The molecule has 0 aromatic rings. The summed E-state index contributed by atoms with van der Waals surface area (Å²) in [6, 6.07) is 3.12. The van der Waals surface area contributed by atoms with Crippen LogP contribution in [0.15, 0.2) is 0 Å². The minimum atomic E-state index is -0.143. The molecule has 0 bridgehead atoms. The van der Waals surface area contributed by atoms with E-state index in [9.17, 15) is 0 Å².